The highest BCUT2D eigenvalue weighted by Crippen LogP contribution is 2.52. The van der Waals surface area contributed by atoms with E-state index in [0.29, 0.717) is 5.25 Å². The highest BCUT2D eigenvalue weighted by atomic mass is 32.2. The molecule has 2 atom stereocenters. The van der Waals surface area contributed by atoms with Crippen LogP contribution in [0, 0.1) is 6.92 Å². The number of hydrogen-bond donors (Lipinski definition) is 0. The summed E-state index contributed by atoms with van der Waals surface area (Å²) in [6.45, 7) is 4.48. The van der Waals surface area contributed by atoms with Gasteiger partial charge in [-0.2, -0.15) is 0 Å². The molecular formula is C20H18S. The second-order valence-corrected chi connectivity index (χ2v) is 7.33. The largest absolute Gasteiger partial charge is 0.117 e. The van der Waals surface area contributed by atoms with Gasteiger partial charge in [-0.3, -0.25) is 0 Å². The van der Waals surface area contributed by atoms with Crippen LogP contribution in [-0.2, 0) is 5.41 Å². The Hall–Kier alpha value is -1.73. The van der Waals surface area contributed by atoms with Crippen molar-refractivity contribution in [3.05, 3.63) is 77.9 Å². The average molecular weight is 290 g/mol. The third-order valence-corrected chi connectivity index (χ3v) is 6.12. The van der Waals surface area contributed by atoms with Crippen molar-refractivity contribution in [2.24, 2.45) is 0 Å². The predicted octanol–water partition coefficient (Wildman–Crippen LogP) is 5.52. The van der Waals surface area contributed by atoms with Crippen LogP contribution in [0.3, 0.4) is 0 Å². The molecule has 0 saturated carbocycles. The van der Waals surface area contributed by atoms with Crippen LogP contribution in [0.5, 0.6) is 0 Å². The zero-order chi connectivity index (χ0) is 14.4. The number of thioether (sulfide) groups is 1. The summed E-state index contributed by atoms with van der Waals surface area (Å²) in [6, 6.07) is 15.7. The molecule has 1 heteroatoms. The number of hydrogen-bond acceptors (Lipinski definition) is 1. The van der Waals surface area contributed by atoms with Gasteiger partial charge in [0.25, 0.3) is 0 Å². The van der Waals surface area contributed by atoms with Crippen LogP contribution in [0.15, 0.2) is 71.7 Å². The second-order valence-electron chi connectivity index (χ2n) is 6.14. The van der Waals surface area contributed by atoms with Crippen LogP contribution in [0.2, 0.25) is 0 Å². The Morgan fingerprint density at radius 3 is 2.52 bits per heavy atom. The Morgan fingerprint density at radius 2 is 1.71 bits per heavy atom. The SMILES string of the molecule is Cc1ccc(-c2ccc3c(c2)SC2C=CC=CC32C)cc1. The van der Waals surface area contributed by atoms with Crippen LogP contribution in [0.1, 0.15) is 18.1 Å². The summed E-state index contributed by atoms with van der Waals surface area (Å²) >= 11 is 1.99. The fourth-order valence-electron chi connectivity index (χ4n) is 3.25. The quantitative estimate of drug-likeness (QED) is 0.666. The lowest BCUT2D eigenvalue weighted by atomic mass is 9.77. The summed E-state index contributed by atoms with van der Waals surface area (Å²) in [5.74, 6) is 0. The lowest BCUT2D eigenvalue weighted by Gasteiger charge is -2.28. The molecule has 21 heavy (non-hydrogen) atoms. The maximum atomic E-state index is 2.36. The molecule has 0 bridgehead atoms. The van der Waals surface area contributed by atoms with E-state index >= 15 is 0 Å². The van der Waals surface area contributed by atoms with E-state index in [0.717, 1.165) is 0 Å². The van der Waals surface area contributed by atoms with E-state index in [2.05, 4.69) is 80.6 Å². The van der Waals surface area contributed by atoms with Gasteiger partial charge in [-0.05, 0) is 29.7 Å². The van der Waals surface area contributed by atoms with E-state index in [1.807, 2.05) is 11.8 Å². The average Bonchev–Trinajstić information content (AvgIpc) is 2.80. The molecule has 0 radical (unpaired) electrons. The Bertz CT molecular complexity index is 752. The summed E-state index contributed by atoms with van der Waals surface area (Å²) in [5, 5.41) is 0.533. The predicted molar refractivity (Wildman–Crippen MR) is 91.9 cm³/mol. The lowest BCUT2D eigenvalue weighted by molar-refractivity contribution is 0.620. The first-order chi connectivity index (χ1) is 10.2. The van der Waals surface area contributed by atoms with Crippen LogP contribution >= 0.6 is 11.8 Å². The molecule has 0 amide bonds. The molecule has 1 aliphatic heterocycles. The molecule has 1 heterocycles. The number of benzene rings is 2. The lowest BCUT2D eigenvalue weighted by Crippen LogP contribution is -2.28. The van der Waals surface area contributed by atoms with Crippen LogP contribution in [0.4, 0.5) is 0 Å². The van der Waals surface area contributed by atoms with Crippen molar-refractivity contribution in [3.63, 3.8) is 0 Å². The van der Waals surface area contributed by atoms with Gasteiger partial charge in [-0.15, -0.1) is 11.8 Å². The Balaban J connectivity index is 1.79. The van der Waals surface area contributed by atoms with E-state index < -0.39 is 0 Å². The fraction of sp³-hybridized carbons (Fsp3) is 0.200. The standard InChI is InChI=1S/C20H18S/c1-14-6-8-15(9-7-14)16-10-11-17-18(13-16)21-19-5-3-4-12-20(17,19)2/h3-13,19H,1-2H3. The van der Waals surface area contributed by atoms with Crippen molar-refractivity contribution in [2.75, 3.05) is 0 Å². The minimum Gasteiger partial charge on any atom is -0.117 e. The van der Waals surface area contributed by atoms with Crippen LogP contribution in [0.25, 0.3) is 11.1 Å². The van der Waals surface area contributed by atoms with Gasteiger partial charge in [-0.1, -0.05) is 73.2 Å². The molecule has 0 spiro atoms. The van der Waals surface area contributed by atoms with E-state index in [4.69, 9.17) is 0 Å². The van der Waals surface area contributed by atoms with Gasteiger partial charge < -0.3 is 0 Å². The van der Waals surface area contributed by atoms with E-state index in [-0.39, 0.29) is 5.41 Å². The van der Waals surface area contributed by atoms with Crippen LogP contribution in [-0.4, -0.2) is 5.25 Å². The third kappa shape index (κ3) is 1.99. The van der Waals surface area contributed by atoms with Crippen LogP contribution < -0.4 is 0 Å². The fourth-order valence-corrected chi connectivity index (χ4v) is 4.75. The molecule has 2 unspecified atom stereocenters. The molecule has 4 rings (SSSR count). The number of rotatable bonds is 1. The van der Waals surface area contributed by atoms with Gasteiger partial charge in [0.2, 0.25) is 0 Å². The first-order valence-electron chi connectivity index (χ1n) is 7.41. The van der Waals surface area contributed by atoms with E-state index in [1.54, 1.807) is 0 Å². The molecular weight excluding hydrogens is 272 g/mol. The Labute approximate surface area is 130 Å². The van der Waals surface area contributed by atoms with Gasteiger partial charge in [0, 0.05) is 15.6 Å². The molecule has 0 N–H and O–H groups in total. The summed E-state index contributed by atoms with van der Waals surface area (Å²) in [4.78, 5) is 1.43. The molecule has 104 valence electrons. The minimum atomic E-state index is 0.153. The molecule has 0 aromatic heterocycles. The summed E-state index contributed by atoms with van der Waals surface area (Å²) in [5.41, 5.74) is 5.55. The van der Waals surface area contributed by atoms with Gasteiger partial charge in [-0.25, -0.2) is 0 Å². The molecule has 0 saturated heterocycles. The molecule has 2 aromatic carbocycles. The van der Waals surface area contributed by atoms with Gasteiger partial charge in [0.1, 0.15) is 0 Å². The normalized spacial score (nSPS) is 25.7. The Morgan fingerprint density at radius 1 is 0.952 bits per heavy atom. The van der Waals surface area contributed by atoms with Crippen molar-refractivity contribution in [1.82, 2.24) is 0 Å². The number of aryl methyl sites for hydroxylation is 1. The molecule has 2 aliphatic rings. The summed E-state index contributed by atoms with van der Waals surface area (Å²) < 4.78 is 0. The summed E-state index contributed by atoms with van der Waals surface area (Å²) in [6.07, 6.45) is 9.03. The first kappa shape index (κ1) is 13.0. The van der Waals surface area contributed by atoms with Crippen molar-refractivity contribution in [3.8, 4) is 11.1 Å². The highest BCUT2D eigenvalue weighted by Gasteiger charge is 2.41. The van der Waals surface area contributed by atoms with E-state index in [1.165, 1.54) is 27.1 Å². The zero-order valence-corrected chi connectivity index (χ0v) is 13.2. The van der Waals surface area contributed by atoms with Crippen molar-refractivity contribution >= 4 is 11.8 Å². The van der Waals surface area contributed by atoms with Crippen molar-refractivity contribution in [2.45, 2.75) is 29.4 Å². The molecule has 2 aromatic rings. The first-order valence-corrected chi connectivity index (χ1v) is 8.29. The van der Waals surface area contributed by atoms with Gasteiger partial charge in [0.05, 0.1) is 0 Å². The van der Waals surface area contributed by atoms with E-state index in [9.17, 15) is 0 Å². The third-order valence-electron chi connectivity index (χ3n) is 4.63. The zero-order valence-electron chi connectivity index (χ0n) is 12.3. The maximum Gasteiger partial charge on any atom is 0.0407 e. The topological polar surface area (TPSA) is 0 Å². The molecule has 1 aliphatic carbocycles. The smallest absolute Gasteiger partial charge is 0.0407 e. The van der Waals surface area contributed by atoms with Crippen molar-refractivity contribution in [1.29, 1.82) is 0 Å². The second kappa shape index (κ2) is 4.64. The van der Waals surface area contributed by atoms with Gasteiger partial charge >= 0.3 is 0 Å². The number of fused-ring (bicyclic) bond motifs is 3. The summed E-state index contributed by atoms with van der Waals surface area (Å²) in [7, 11) is 0. The minimum absolute atomic E-state index is 0.153. The Kier molecular flexibility index (Phi) is 2.87. The molecule has 0 nitrogen and oxygen atoms in total. The van der Waals surface area contributed by atoms with Gasteiger partial charge in [0.15, 0.2) is 0 Å². The maximum absolute atomic E-state index is 2.36. The monoisotopic (exact) mass is 290 g/mol. The highest BCUT2D eigenvalue weighted by molar-refractivity contribution is 8.00. The van der Waals surface area contributed by atoms with Crippen molar-refractivity contribution < 1.29 is 0 Å². The molecule has 0 fully saturated rings. The number of allylic oxidation sites excluding steroid dienone is 3.